The number of rotatable bonds is 3. The molecule has 0 saturated carbocycles. The number of nitrogens with zero attached hydrogens (tertiary/aromatic N) is 3. The number of aromatic nitrogens is 2. The normalized spacial score (nSPS) is 10.9. The minimum absolute atomic E-state index is 0.0774. The predicted octanol–water partition coefficient (Wildman–Crippen LogP) is 0.675. The SMILES string of the molecule is Cn1cc(S(=O)(=O)Nc2cccc(C#N)c2)c(N)n1. The van der Waals surface area contributed by atoms with Gasteiger partial charge in [0, 0.05) is 13.2 Å². The molecule has 19 heavy (non-hydrogen) atoms. The highest BCUT2D eigenvalue weighted by Gasteiger charge is 2.20. The van der Waals surface area contributed by atoms with E-state index in [4.69, 9.17) is 11.0 Å². The van der Waals surface area contributed by atoms with E-state index >= 15 is 0 Å². The second-order valence-electron chi connectivity index (χ2n) is 3.85. The highest BCUT2D eigenvalue weighted by molar-refractivity contribution is 7.92. The minimum Gasteiger partial charge on any atom is -0.381 e. The van der Waals surface area contributed by atoms with Gasteiger partial charge in [-0.2, -0.15) is 10.4 Å². The smallest absolute Gasteiger partial charge is 0.267 e. The molecule has 0 amide bonds. The van der Waals surface area contributed by atoms with Crippen LogP contribution in [0, 0.1) is 11.3 Å². The van der Waals surface area contributed by atoms with E-state index in [1.54, 1.807) is 25.2 Å². The van der Waals surface area contributed by atoms with Gasteiger partial charge in [0.2, 0.25) is 0 Å². The number of hydrogen-bond donors (Lipinski definition) is 2. The third kappa shape index (κ3) is 2.66. The summed E-state index contributed by atoms with van der Waals surface area (Å²) in [7, 11) is -2.24. The van der Waals surface area contributed by atoms with E-state index in [1.807, 2.05) is 6.07 Å². The van der Waals surface area contributed by atoms with Crippen LogP contribution < -0.4 is 10.5 Å². The Morgan fingerprint density at radius 2 is 2.21 bits per heavy atom. The van der Waals surface area contributed by atoms with Gasteiger partial charge in [-0.15, -0.1) is 0 Å². The highest BCUT2D eigenvalue weighted by Crippen LogP contribution is 2.20. The molecule has 0 bridgehead atoms. The van der Waals surface area contributed by atoms with Gasteiger partial charge in [-0.05, 0) is 18.2 Å². The maximum atomic E-state index is 12.1. The first-order valence-electron chi connectivity index (χ1n) is 5.24. The van der Waals surface area contributed by atoms with Crippen molar-refractivity contribution in [1.82, 2.24) is 9.78 Å². The molecule has 0 atom stereocenters. The molecule has 0 saturated heterocycles. The van der Waals surface area contributed by atoms with Crippen LogP contribution in [-0.4, -0.2) is 18.2 Å². The molecular formula is C11H11N5O2S. The van der Waals surface area contributed by atoms with Crippen molar-refractivity contribution in [3.63, 3.8) is 0 Å². The Balaban J connectivity index is 2.37. The van der Waals surface area contributed by atoms with E-state index in [0.717, 1.165) is 0 Å². The monoisotopic (exact) mass is 277 g/mol. The summed E-state index contributed by atoms with van der Waals surface area (Å²) in [4.78, 5) is -0.0997. The summed E-state index contributed by atoms with van der Waals surface area (Å²) in [5, 5.41) is 12.5. The van der Waals surface area contributed by atoms with E-state index in [1.165, 1.54) is 16.9 Å². The number of nitriles is 1. The largest absolute Gasteiger partial charge is 0.381 e. The van der Waals surface area contributed by atoms with Gasteiger partial charge in [-0.1, -0.05) is 6.07 Å². The Hall–Kier alpha value is -2.53. The second-order valence-corrected chi connectivity index (χ2v) is 5.50. The number of nitrogens with two attached hydrogens (primary N) is 1. The molecule has 98 valence electrons. The number of benzene rings is 1. The van der Waals surface area contributed by atoms with Crippen LogP contribution in [0.1, 0.15) is 5.56 Å². The summed E-state index contributed by atoms with van der Waals surface area (Å²) in [6.45, 7) is 0. The Morgan fingerprint density at radius 1 is 1.47 bits per heavy atom. The predicted molar refractivity (Wildman–Crippen MR) is 69.6 cm³/mol. The third-order valence-electron chi connectivity index (χ3n) is 2.36. The third-order valence-corrected chi connectivity index (χ3v) is 3.75. The van der Waals surface area contributed by atoms with Crippen molar-refractivity contribution in [2.45, 2.75) is 4.90 Å². The lowest BCUT2D eigenvalue weighted by molar-refractivity contribution is 0.601. The number of nitrogen functional groups attached to an aromatic ring is 1. The van der Waals surface area contributed by atoms with Crippen molar-refractivity contribution in [3.05, 3.63) is 36.0 Å². The number of sulfonamides is 1. The summed E-state index contributed by atoms with van der Waals surface area (Å²) < 4.78 is 27.9. The van der Waals surface area contributed by atoms with Crippen LogP contribution in [0.3, 0.4) is 0 Å². The first kappa shape index (κ1) is 12.9. The molecule has 1 aromatic carbocycles. The molecule has 3 N–H and O–H groups in total. The standard InChI is InChI=1S/C11H11N5O2S/c1-16-7-10(11(13)14-16)19(17,18)15-9-4-2-3-8(5-9)6-12/h2-5,7,15H,1H3,(H2,13,14). The van der Waals surface area contributed by atoms with E-state index < -0.39 is 10.0 Å². The van der Waals surface area contributed by atoms with E-state index in [-0.39, 0.29) is 10.7 Å². The van der Waals surface area contributed by atoms with Crippen LogP contribution in [0.4, 0.5) is 11.5 Å². The molecule has 8 heteroatoms. The number of anilines is 2. The maximum absolute atomic E-state index is 12.1. The van der Waals surface area contributed by atoms with Crippen LogP contribution in [0.5, 0.6) is 0 Å². The summed E-state index contributed by atoms with van der Waals surface area (Å²) in [5.74, 6) is -0.0774. The molecular weight excluding hydrogens is 266 g/mol. The quantitative estimate of drug-likeness (QED) is 0.856. The Labute approximate surface area is 110 Å². The maximum Gasteiger partial charge on any atom is 0.267 e. The fraction of sp³-hybridized carbons (Fsp3) is 0.0909. The molecule has 2 rings (SSSR count). The van der Waals surface area contributed by atoms with E-state index in [0.29, 0.717) is 11.3 Å². The molecule has 0 unspecified atom stereocenters. The molecule has 0 fully saturated rings. The summed E-state index contributed by atoms with van der Waals surface area (Å²) in [5.41, 5.74) is 6.19. The zero-order valence-corrected chi connectivity index (χ0v) is 10.8. The van der Waals surface area contributed by atoms with Crippen LogP contribution >= 0.6 is 0 Å². The molecule has 0 aliphatic heterocycles. The van der Waals surface area contributed by atoms with Gasteiger partial charge in [0.15, 0.2) is 5.82 Å². The lowest BCUT2D eigenvalue weighted by Gasteiger charge is -2.06. The Kier molecular flexibility index (Phi) is 3.14. The molecule has 7 nitrogen and oxygen atoms in total. The number of nitrogens with one attached hydrogen (secondary N) is 1. The summed E-state index contributed by atoms with van der Waals surface area (Å²) in [6.07, 6.45) is 1.31. The van der Waals surface area contributed by atoms with Gasteiger partial charge < -0.3 is 5.73 Å². The van der Waals surface area contributed by atoms with Crippen molar-refractivity contribution in [3.8, 4) is 6.07 Å². The molecule has 0 aliphatic rings. The average Bonchev–Trinajstić information content (AvgIpc) is 2.69. The second kappa shape index (κ2) is 4.62. The summed E-state index contributed by atoms with van der Waals surface area (Å²) in [6, 6.07) is 8.08. The van der Waals surface area contributed by atoms with Crippen LogP contribution in [0.15, 0.2) is 35.4 Å². The van der Waals surface area contributed by atoms with Crippen LogP contribution in [0.25, 0.3) is 0 Å². The first-order valence-corrected chi connectivity index (χ1v) is 6.73. The lowest BCUT2D eigenvalue weighted by Crippen LogP contribution is -2.13. The van der Waals surface area contributed by atoms with Gasteiger partial charge in [-0.3, -0.25) is 9.40 Å². The van der Waals surface area contributed by atoms with Gasteiger partial charge in [0.25, 0.3) is 10.0 Å². The summed E-state index contributed by atoms with van der Waals surface area (Å²) >= 11 is 0. The van der Waals surface area contributed by atoms with Gasteiger partial charge in [-0.25, -0.2) is 8.42 Å². The van der Waals surface area contributed by atoms with Crippen LogP contribution in [0.2, 0.25) is 0 Å². The lowest BCUT2D eigenvalue weighted by atomic mass is 10.2. The van der Waals surface area contributed by atoms with Gasteiger partial charge >= 0.3 is 0 Å². The number of aryl methyl sites for hydroxylation is 1. The number of hydrogen-bond acceptors (Lipinski definition) is 5. The van der Waals surface area contributed by atoms with Crippen molar-refractivity contribution < 1.29 is 8.42 Å². The van der Waals surface area contributed by atoms with Gasteiger partial charge in [0.05, 0.1) is 17.3 Å². The molecule has 1 aromatic heterocycles. The van der Waals surface area contributed by atoms with Crippen LogP contribution in [-0.2, 0) is 17.1 Å². The first-order chi connectivity index (χ1) is 8.92. The van der Waals surface area contributed by atoms with Crippen molar-refractivity contribution in [1.29, 1.82) is 5.26 Å². The van der Waals surface area contributed by atoms with Crippen molar-refractivity contribution in [2.75, 3.05) is 10.5 Å². The topological polar surface area (TPSA) is 114 Å². The fourth-order valence-electron chi connectivity index (χ4n) is 1.55. The Morgan fingerprint density at radius 3 is 2.79 bits per heavy atom. The van der Waals surface area contributed by atoms with E-state index in [9.17, 15) is 8.42 Å². The van der Waals surface area contributed by atoms with Crippen molar-refractivity contribution >= 4 is 21.5 Å². The molecule has 2 aromatic rings. The Bertz CT molecular complexity index is 758. The zero-order valence-electron chi connectivity index (χ0n) is 10.0. The molecule has 0 aliphatic carbocycles. The molecule has 0 spiro atoms. The van der Waals surface area contributed by atoms with Crippen molar-refractivity contribution in [2.24, 2.45) is 7.05 Å². The zero-order chi connectivity index (χ0) is 14.0. The molecule has 0 radical (unpaired) electrons. The fourth-order valence-corrected chi connectivity index (χ4v) is 2.71. The minimum atomic E-state index is -3.82. The van der Waals surface area contributed by atoms with Gasteiger partial charge in [0.1, 0.15) is 4.90 Å². The molecule has 1 heterocycles. The van der Waals surface area contributed by atoms with E-state index in [2.05, 4.69) is 9.82 Å². The highest BCUT2D eigenvalue weighted by atomic mass is 32.2. The average molecular weight is 277 g/mol.